The van der Waals surface area contributed by atoms with Crippen LogP contribution in [-0.2, 0) is 6.18 Å². The third-order valence-corrected chi connectivity index (χ3v) is 2.44. The van der Waals surface area contributed by atoms with E-state index in [0.717, 1.165) is 12.1 Å². The highest BCUT2D eigenvalue weighted by Gasteiger charge is 2.35. The molecule has 0 unspecified atom stereocenters. The zero-order valence-corrected chi connectivity index (χ0v) is 9.40. The Hall–Kier alpha value is -2.12. The fraction of sp³-hybridized carbons (Fsp3) is 0.0833. The molecule has 0 fully saturated rings. The van der Waals surface area contributed by atoms with Crippen molar-refractivity contribution in [2.75, 3.05) is 0 Å². The van der Waals surface area contributed by atoms with Gasteiger partial charge in [0.1, 0.15) is 5.82 Å². The summed E-state index contributed by atoms with van der Waals surface area (Å²) >= 11 is 0. The second-order valence-electron chi connectivity index (χ2n) is 3.75. The molecule has 20 heavy (non-hydrogen) atoms. The highest BCUT2D eigenvalue weighted by Crippen LogP contribution is 2.33. The monoisotopic (exact) mass is 295 g/mol. The molecule has 0 spiro atoms. The van der Waals surface area contributed by atoms with Crippen LogP contribution >= 0.6 is 0 Å². The molecular weight excluding hydrogens is 291 g/mol. The van der Waals surface area contributed by atoms with E-state index in [0.29, 0.717) is 6.07 Å². The van der Waals surface area contributed by atoms with Gasteiger partial charge in [-0.2, -0.15) is 17.6 Å². The quantitative estimate of drug-likeness (QED) is 0.564. The normalized spacial score (nSPS) is 11.8. The van der Waals surface area contributed by atoms with Gasteiger partial charge in [0.2, 0.25) is 5.95 Å². The maximum Gasteiger partial charge on any atom is 0.433 e. The van der Waals surface area contributed by atoms with Gasteiger partial charge in [-0.15, -0.1) is 0 Å². The van der Waals surface area contributed by atoms with Crippen LogP contribution < -0.4 is 0 Å². The SMILES string of the molecule is Fc1cccc(-c2c(F)cc(C(F)(F)F)nc2F)c1F. The van der Waals surface area contributed by atoms with E-state index < -0.39 is 46.4 Å². The van der Waals surface area contributed by atoms with Crippen LogP contribution in [0.15, 0.2) is 24.3 Å². The number of benzene rings is 1. The molecule has 8 heteroatoms. The number of pyridine rings is 1. The summed E-state index contributed by atoms with van der Waals surface area (Å²) < 4.78 is 90.4. The Balaban J connectivity index is 2.68. The Morgan fingerprint density at radius 1 is 0.900 bits per heavy atom. The summed E-state index contributed by atoms with van der Waals surface area (Å²) in [7, 11) is 0. The van der Waals surface area contributed by atoms with Crippen LogP contribution in [-0.4, -0.2) is 4.98 Å². The first-order valence-corrected chi connectivity index (χ1v) is 5.09. The summed E-state index contributed by atoms with van der Waals surface area (Å²) in [4.78, 5) is 2.53. The average Bonchev–Trinajstić information content (AvgIpc) is 2.32. The molecule has 1 heterocycles. The van der Waals surface area contributed by atoms with E-state index in [1.807, 2.05) is 0 Å². The van der Waals surface area contributed by atoms with Crippen LogP contribution in [0.1, 0.15) is 5.69 Å². The molecule has 106 valence electrons. The lowest BCUT2D eigenvalue weighted by Crippen LogP contribution is -2.11. The minimum atomic E-state index is -5.05. The Labute approximate surface area is 107 Å². The van der Waals surface area contributed by atoms with Crippen molar-refractivity contribution < 1.29 is 30.7 Å². The number of rotatable bonds is 1. The number of hydrogen-bond acceptors (Lipinski definition) is 1. The molecule has 2 rings (SSSR count). The Kier molecular flexibility index (Phi) is 3.41. The molecule has 1 aromatic carbocycles. The minimum absolute atomic E-state index is 0.0806. The third-order valence-electron chi connectivity index (χ3n) is 2.44. The average molecular weight is 295 g/mol. The molecule has 0 radical (unpaired) electrons. The van der Waals surface area contributed by atoms with Crippen LogP contribution in [0.5, 0.6) is 0 Å². The summed E-state index contributed by atoms with van der Waals surface area (Å²) in [6.45, 7) is 0. The van der Waals surface area contributed by atoms with Crippen LogP contribution in [0.4, 0.5) is 30.7 Å². The maximum absolute atomic E-state index is 13.6. The molecule has 1 nitrogen and oxygen atoms in total. The molecule has 0 saturated carbocycles. The van der Waals surface area contributed by atoms with Crippen LogP contribution in [0.2, 0.25) is 0 Å². The van der Waals surface area contributed by atoms with Gasteiger partial charge in [0.25, 0.3) is 0 Å². The fourth-order valence-corrected chi connectivity index (χ4v) is 1.57. The van der Waals surface area contributed by atoms with Gasteiger partial charge < -0.3 is 0 Å². The number of hydrogen-bond donors (Lipinski definition) is 0. The van der Waals surface area contributed by atoms with E-state index >= 15 is 0 Å². The fourth-order valence-electron chi connectivity index (χ4n) is 1.57. The molecule has 1 aromatic heterocycles. The van der Waals surface area contributed by atoms with Gasteiger partial charge in [-0.3, -0.25) is 0 Å². The third kappa shape index (κ3) is 2.45. The lowest BCUT2D eigenvalue weighted by molar-refractivity contribution is -0.141. The molecule has 2 aromatic rings. The van der Waals surface area contributed by atoms with Crippen molar-refractivity contribution in [3.63, 3.8) is 0 Å². The first kappa shape index (κ1) is 14.3. The van der Waals surface area contributed by atoms with E-state index in [2.05, 4.69) is 4.98 Å². The van der Waals surface area contributed by atoms with Crippen molar-refractivity contribution in [1.29, 1.82) is 0 Å². The molecule has 0 bridgehead atoms. The van der Waals surface area contributed by atoms with Crippen molar-refractivity contribution in [2.45, 2.75) is 6.18 Å². The topological polar surface area (TPSA) is 12.9 Å². The predicted octanol–water partition coefficient (Wildman–Crippen LogP) is 4.32. The molecule has 0 aliphatic rings. The predicted molar refractivity (Wildman–Crippen MR) is 54.5 cm³/mol. The summed E-state index contributed by atoms with van der Waals surface area (Å²) in [5, 5.41) is 0. The number of halogens is 7. The Bertz CT molecular complexity index is 640. The highest BCUT2D eigenvalue weighted by molar-refractivity contribution is 5.64. The first-order valence-electron chi connectivity index (χ1n) is 5.09. The zero-order chi connectivity index (χ0) is 15.1. The smallest absolute Gasteiger partial charge is 0.214 e. The van der Waals surface area contributed by atoms with Crippen molar-refractivity contribution in [2.24, 2.45) is 0 Å². The molecule has 0 aliphatic carbocycles. The number of alkyl halides is 3. The van der Waals surface area contributed by atoms with Gasteiger partial charge in [0, 0.05) is 11.6 Å². The summed E-state index contributed by atoms with van der Waals surface area (Å²) in [5.41, 5.74) is -3.80. The summed E-state index contributed by atoms with van der Waals surface area (Å²) in [6, 6.07) is 2.41. The Morgan fingerprint density at radius 3 is 2.10 bits per heavy atom. The van der Waals surface area contributed by atoms with Crippen LogP contribution in [0, 0.1) is 23.4 Å². The van der Waals surface area contributed by atoms with E-state index in [-0.39, 0.29) is 6.07 Å². The molecule has 0 N–H and O–H groups in total. The van der Waals surface area contributed by atoms with E-state index in [9.17, 15) is 30.7 Å². The minimum Gasteiger partial charge on any atom is -0.214 e. The van der Waals surface area contributed by atoms with Gasteiger partial charge in [0.15, 0.2) is 17.3 Å². The number of nitrogens with zero attached hydrogens (tertiary/aromatic N) is 1. The van der Waals surface area contributed by atoms with Gasteiger partial charge in [-0.05, 0) is 6.07 Å². The molecule has 0 atom stereocenters. The van der Waals surface area contributed by atoms with Crippen molar-refractivity contribution in [3.05, 3.63) is 53.4 Å². The molecule has 0 saturated heterocycles. The highest BCUT2D eigenvalue weighted by atomic mass is 19.4. The standard InChI is InChI=1S/C12H4F7N/c13-6-3-1-2-5(10(6)15)9-7(14)4-8(12(17,18)19)20-11(9)16/h1-4H. The van der Waals surface area contributed by atoms with Gasteiger partial charge >= 0.3 is 6.18 Å². The second-order valence-corrected chi connectivity index (χ2v) is 3.75. The van der Waals surface area contributed by atoms with Gasteiger partial charge in [0.05, 0.1) is 5.56 Å². The van der Waals surface area contributed by atoms with Gasteiger partial charge in [-0.25, -0.2) is 18.2 Å². The number of aromatic nitrogens is 1. The van der Waals surface area contributed by atoms with E-state index in [1.54, 1.807) is 0 Å². The Morgan fingerprint density at radius 2 is 1.55 bits per heavy atom. The van der Waals surface area contributed by atoms with E-state index in [4.69, 9.17) is 0 Å². The zero-order valence-electron chi connectivity index (χ0n) is 9.40. The van der Waals surface area contributed by atoms with Crippen molar-refractivity contribution >= 4 is 0 Å². The van der Waals surface area contributed by atoms with Crippen molar-refractivity contribution in [1.82, 2.24) is 4.98 Å². The maximum atomic E-state index is 13.6. The largest absolute Gasteiger partial charge is 0.433 e. The summed E-state index contributed by atoms with van der Waals surface area (Å²) in [6.07, 6.45) is -5.05. The van der Waals surface area contributed by atoms with Crippen LogP contribution in [0.3, 0.4) is 0 Å². The molecular formula is C12H4F7N. The molecule has 0 aliphatic heterocycles. The molecule has 0 amide bonds. The first-order chi connectivity index (χ1) is 9.21. The van der Waals surface area contributed by atoms with E-state index in [1.165, 1.54) is 0 Å². The van der Waals surface area contributed by atoms with Gasteiger partial charge in [-0.1, -0.05) is 12.1 Å². The van der Waals surface area contributed by atoms with Crippen LogP contribution in [0.25, 0.3) is 11.1 Å². The lowest BCUT2D eigenvalue weighted by Gasteiger charge is -2.10. The lowest BCUT2D eigenvalue weighted by atomic mass is 10.1. The van der Waals surface area contributed by atoms with Crippen molar-refractivity contribution in [3.8, 4) is 11.1 Å². The summed E-state index contributed by atoms with van der Waals surface area (Å²) in [5.74, 6) is -6.52. The second kappa shape index (κ2) is 4.77.